The van der Waals surface area contributed by atoms with Crippen LogP contribution in [0.25, 0.3) is 0 Å². The highest BCUT2D eigenvalue weighted by Gasteiger charge is 2.35. The molecule has 23 heavy (non-hydrogen) atoms. The molecule has 1 aliphatic carbocycles. The van der Waals surface area contributed by atoms with Gasteiger partial charge in [-0.2, -0.15) is 26.3 Å². The standard InChI is InChI=1S/C15H14F6NS/c1-10-2-5-13(15(19,20)21)6-11(8-22-9-23)3-4-12(10)7-14(16,17)18/h2-6,8,10-12H,7H2,1H3/q+1/b4-3+,5-2-,13-6+. The van der Waals surface area contributed by atoms with Crippen LogP contribution in [0.2, 0.25) is 0 Å². The Morgan fingerprint density at radius 2 is 1.83 bits per heavy atom. The Balaban J connectivity index is 3.27. The molecule has 0 N–H and O–H groups in total. The highest BCUT2D eigenvalue weighted by atomic mass is 32.1. The molecule has 0 fully saturated rings. The van der Waals surface area contributed by atoms with Gasteiger partial charge in [0.05, 0.1) is 30.1 Å². The van der Waals surface area contributed by atoms with E-state index in [4.69, 9.17) is 0 Å². The molecule has 0 bridgehead atoms. The van der Waals surface area contributed by atoms with Gasteiger partial charge in [-0.05, 0) is 16.5 Å². The van der Waals surface area contributed by atoms with Crippen LogP contribution in [0.4, 0.5) is 26.3 Å². The SMILES string of the molecule is CC1/C=C\C(C(F)(F)F)=C/C(C=[N+]=C=S)/C=C/C1CC(F)(F)F. The number of nitrogens with zero attached hydrogens (tertiary/aromatic N) is 1. The molecule has 0 saturated carbocycles. The zero-order chi connectivity index (χ0) is 17.7. The summed E-state index contributed by atoms with van der Waals surface area (Å²) in [6.07, 6.45) is -3.65. The van der Waals surface area contributed by atoms with Crippen molar-refractivity contribution in [2.24, 2.45) is 17.8 Å². The summed E-state index contributed by atoms with van der Waals surface area (Å²) in [5.41, 5.74) is -0.942. The van der Waals surface area contributed by atoms with Crippen molar-refractivity contribution in [2.45, 2.75) is 25.7 Å². The Morgan fingerprint density at radius 1 is 1.17 bits per heavy atom. The van der Waals surface area contributed by atoms with Crippen molar-refractivity contribution in [3.63, 3.8) is 0 Å². The highest BCUT2D eigenvalue weighted by molar-refractivity contribution is 7.78. The second-order valence-corrected chi connectivity index (χ2v) is 5.34. The summed E-state index contributed by atoms with van der Waals surface area (Å²) >= 11 is 4.35. The third kappa shape index (κ3) is 6.99. The van der Waals surface area contributed by atoms with E-state index >= 15 is 0 Å². The number of thiocarbonyl (C=S) groups is 1. The molecule has 0 saturated heterocycles. The molecule has 8 heteroatoms. The van der Waals surface area contributed by atoms with Crippen molar-refractivity contribution in [1.29, 1.82) is 0 Å². The van der Waals surface area contributed by atoms with E-state index in [2.05, 4.69) is 16.9 Å². The van der Waals surface area contributed by atoms with Crippen molar-refractivity contribution in [3.8, 4) is 0 Å². The Bertz CT molecular complexity index is 586. The summed E-state index contributed by atoms with van der Waals surface area (Å²) in [6.45, 7) is 1.45. The van der Waals surface area contributed by atoms with Crippen LogP contribution in [0.5, 0.6) is 0 Å². The van der Waals surface area contributed by atoms with Crippen molar-refractivity contribution >= 4 is 23.6 Å². The van der Waals surface area contributed by atoms with E-state index in [0.717, 1.165) is 24.4 Å². The summed E-state index contributed by atoms with van der Waals surface area (Å²) in [7, 11) is 0. The molecule has 0 heterocycles. The predicted molar refractivity (Wildman–Crippen MR) is 80.0 cm³/mol. The molecule has 0 aromatic rings. The molecule has 126 valence electrons. The zero-order valence-electron chi connectivity index (χ0n) is 12.0. The summed E-state index contributed by atoms with van der Waals surface area (Å²) < 4.78 is 80.2. The van der Waals surface area contributed by atoms with Gasteiger partial charge >= 0.3 is 17.5 Å². The number of hydrogen-bond acceptors (Lipinski definition) is 1. The largest absolute Gasteiger partial charge is 0.416 e. The summed E-state index contributed by atoms with van der Waals surface area (Å²) in [5, 5.41) is 1.99. The Kier molecular flexibility index (Phi) is 6.57. The van der Waals surface area contributed by atoms with Gasteiger partial charge in [0.25, 0.3) is 6.21 Å². The van der Waals surface area contributed by atoms with Gasteiger partial charge in [0.15, 0.2) is 0 Å². The third-order valence-corrected chi connectivity index (χ3v) is 3.41. The first-order valence-electron chi connectivity index (χ1n) is 6.65. The normalized spacial score (nSPS) is 30.6. The molecule has 0 aromatic heterocycles. The quantitative estimate of drug-likeness (QED) is 0.231. The number of allylic oxidation sites excluding steroid dienone is 6. The van der Waals surface area contributed by atoms with Crippen molar-refractivity contribution < 1.29 is 26.3 Å². The molecule has 0 amide bonds. The maximum atomic E-state index is 13.0. The topological polar surface area (TPSA) is 14.1 Å². The second kappa shape index (κ2) is 7.77. The van der Waals surface area contributed by atoms with Gasteiger partial charge in [-0.1, -0.05) is 37.3 Å². The number of alkyl halides is 6. The number of rotatable bonds is 2. The van der Waals surface area contributed by atoms with E-state index in [0.29, 0.717) is 0 Å². The molecule has 3 unspecified atom stereocenters. The minimum atomic E-state index is -4.61. The van der Waals surface area contributed by atoms with E-state index in [1.807, 2.05) is 5.16 Å². The fourth-order valence-corrected chi connectivity index (χ4v) is 2.14. The van der Waals surface area contributed by atoms with Gasteiger partial charge in [-0.3, -0.25) is 0 Å². The van der Waals surface area contributed by atoms with E-state index in [9.17, 15) is 26.3 Å². The lowest BCUT2D eigenvalue weighted by molar-refractivity contribution is -0.143. The first-order valence-corrected chi connectivity index (χ1v) is 7.06. The maximum absolute atomic E-state index is 13.0. The summed E-state index contributed by atoms with van der Waals surface area (Å²) in [5.74, 6) is -2.58. The Morgan fingerprint density at radius 3 is 2.35 bits per heavy atom. The number of hydrogen-bond donors (Lipinski definition) is 0. The molecule has 0 aliphatic heterocycles. The number of isothiocyanates is 1. The summed E-state index contributed by atoms with van der Waals surface area (Å²) in [6, 6.07) is 0. The van der Waals surface area contributed by atoms with E-state index in [1.54, 1.807) is 0 Å². The Labute approximate surface area is 134 Å². The van der Waals surface area contributed by atoms with Crippen LogP contribution in [0.3, 0.4) is 0 Å². The lowest BCUT2D eigenvalue weighted by Crippen LogP contribution is -2.18. The molecule has 1 aliphatic rings. The fourth-order valence-electron chi connectivity index (χ4n) is 2.08. The molecule has 3 atom stereocenters. The lowest BCUT2D eigenvalue weighted by atomic mass is 9.89. The zero-order valence-corrected chi connectivity index (χ0v) is 12.8. The van der Waals surface area contributed by atoms with Crippen LogP contribution in [-0.2, 0) is 0 Å². The fraction of sp³-hybridized carbons (Fsp3) is 0.467. The second-order valence-electron chi connectivity index (χ2n) is 5.15. The van der Waals surface area contributed by atoms with Gasteiger partial charge < -0.3 is 0 Å². The van der Waals surface area contributed by atoms with Gasteiger partial charge in [-0.25, -0.2) is 0 Å². The monoisotopic (exact) mass is 354 g/mol. The van der Waals surface area contributed by atoms with Crippen molar-refractivity contribution in [2.75, 3.05) is 0 Å². The third-order valence-electron chi connectivity index (χ3n) is 3.30. The molecule has 0 aromatic carbocycles. The maximum Gasteiger partial charge on any atom is 0.416 e. The van der Waals surface area contributed by atoms with Crippen molar-refractivity contribution in [1.82, 2.24) is 4.67 Å². The molecule has 0 radical (unpaired) electrons. The number of halogens is 6. The van der Waals surface area contributed by atoms with Crippen LogP contribution in [0.1, 0.15) is 13.3 Å². The first kappa shape index (κ1) is 19.4. The van der Waals surface area contributed by atoms with Crippen LogP contribution < -0.4 is 4.67 Å². The highest BCUT2D eigenvalue weighted by Crippen LogP contribution is 2.34. The molecule has 1 nitrogen and oxygen atoms in total. The molecular formula is C15H14F6NS+. The van der Waals surface area contributed by atoms with Crippen LogP contribution in [0.15, 0.2) is 36.0 Å². The van der Waals surface area contributed by atoms with Gasteiger partial charge in [-0.15, -0.1) is 0 Å². The smallest absolute Gasteiger partial charge is 0.171 e. The van der Waals surface area contributed by atoms with Crippen molar-refractivity contribution in [3.05, 3.63) is 36.0 Å². The van der Waals surface area contributed by atoms with Gasteiger partial charge in [0.2, 0.25) is 0 Å². The molecule has 0 spiro atoms. The molecular weight excluding hydrogens is 340 g/mol. The predicted octanol–water partition coefficient (Wildman–Crippen LogP) is 4.66. The average Bonchev–Trinajstić information content (AvgIpc) is 2.46. The lowest BCUT2D eigenvalue weighted by Gasteiger charge is -2.19. The molecule has 1 rings (SSSR count). The van der Waals surface area contributed by atoms with Crippen LogP contribution in [0, 0.1) is 17.8 Å². The average molecular weight is 354 g/mol. The van der Waals surface area contributed by atoms with Gasteiger partial charge in [0, 0.05) is 0 Å². The first-order chi connectivity index (χ1) is 10.5. The van der Waals surface area contributed by atoms with Crippen LogP contribution in [-0.4, -0.2) is 23.7 Å². The van der Waals surface area contributed by atoms with E-state index in [1.165, 1.54) is 19.1 Å². The Hall–Kier alpha value is -1.62. The van der Waals surface area contributed by atoms with Crippen LogP contribution >= 0.6 is 12.2 Å². The summed E-state index contributed by atoms with van der Waals surface area (Å²) in [4.78, 5) is 0. The van der Waals surface area contributed by atoms with Gasteiger partial charge in [0.1, 0.15) is 0 Å². The minimum Gasteiger partial charge on any atom is -0.171 e. The van der Waals surface area contributed by atoms with E-state index < -0.39 is 42.1 Å². The minimum absolute atomic E-state index is 0.702. The van der Waals surface area contributed by atoms with E-state index in [-0.39, 0.29) is 0 Å².